The predicted octanol–water partition coefficient (Wildman–Crippen LogP) is 12.1. The normalized spacial score (nSPS) is 11.6. The Bertz CT molecular complexity index is 2060. The third-order valence-corrected chi connectivity index (χ3v) is 9.44. The van der Waals surface area contributed by atoms with Gasteiger partial charge >= 0.3 is 19.5 Å². The van der Waals surface area contributed by atoms with Crippen molar-refractivity contribution in [3.05, 3.63) is 119 Å². The number of fused-ring (bicyclic) bond motifs is 2. The molecule has 0 aliphatic heterocycles. The Balaban J connectivity index is 0.000000174. The van der Waals surface area contributed by atoms with Crippen LogP contribution in [0, 0.1) is 0 Å². The molecule has 0 amide bonds. The van der Waals surface area contributed by atoms with Crippen LogP contribution in [0.15, 0.2) is 77.3 Å². The highest BCUT2D eigenvalue weighted by atomic mass is 79.9. The summed E-state index contributed by atoms with van der Waals surface area (Å²) in [5.41, 5.74) is 0.698. The Morgan fingerprint density at radius 1 is 0.542 bits per heavy atom. The Morgan fingerprint density at radius 3 is 1.50 bits per heavy atom. The minimum atomic E-state index is -4.44. The molecular formula is C30H16BBrCl6F6N2O2. The van der Waals surface area contributed by atoms with E-state index in [0.29, 0.717) is 73.0 Å². The molecule has 4 N–H and O–H groups in total. The van der Waals surface area contributed by atoms with Gasteiger partial charge in [-0.05, 0) is 87.6 Å². The number of H-pyrrole nitrogens is 2. The van der Waals surface area contributed by atoms with Gasteiger partial charge in [-0.3, -0.25) is 0 Å². The van der Waals surface area contributed by atoms with Gasteiger partial charge in [-0.2, -0.15) is 26.3 Å². The molecule has 252 valence electrons. The Kier molecular flexibility index (Phi) is 12.3. The summed E-state index contributed by atoms with van der Waals surface area (Å²) >= 11 is 38.1. The molecule has 0 saturated heterocycles. The largest absolute Gasteiger partial charge is 0.488 e. The lowest BCUT2D eigenvalue weighted by molar-refractivity contribution is -0.141. The van der Waals surface area contributed by atoms with Gasteiger partial charge in [0.15, 0.2) is 0 Å². The molecule has 0 unspecified atom stereocenters. The summed E-state index contributed by atoms with van der Waals surface area (Å²) in [5, 5.41) is 20.4. The van der Waals surface area contributed by atoms with Gasteiger partial charge in [-0.15, -0.1) is 0 Å². The average molecular weight is 854 g/mol. The van der Waals surface area contributed by atoms with Gasteiger partial charge in [-0.1, -0.05) is 81.7 Å². The van der Waals surface area contributed by atoms with Crippen molar-refractivity contribution in [2.24, 2.45) is 0 Å². The van der Waals surface area contributed by atoms with Crippen molar-refractivity contribution in [3.8, 4) is 11.1 Å². The van der Waals surface area contributed by atoms with E-state index in [2.05, 4.69) is 25.9 Å². The minimum absolute atomic E-state index is 0.317. The van der Waals surface area contributed by atoms with Crippen LogP contribution in [0.25, 0.3) is 32.9 Å². The van der Waals surface area contributed by atoms with E-state index in [1.807, 2.05) is 0 Å². The van der Waals surface area contributed by atoms with Crippen LogP contribution in [0.4, 0.5) is 26.3 Å². The maximum Gasteiger partial charge on any atom is 0.488 e. The number of aromatic nitrogens is 2. The summed E-state index contributed by atoms with van der Waals surface area (Å²) in [4.78, 5) is 4.59. The fraction of sp³-hybridized carbons (Fsp3) is 0.0667. The Labute approximate surface area is 306 Å². The highest BCUT2D eigenvalue weighted by Crippen LogP contribution is 2.38. The number of rotatable bonds is 2. The van der Waals surface area contributed by atoms with E-state index in [1.54, 1.807) is 30.3 Å². The SMILES string of the molecule is FC(F)(F)c1cc2cc(-c3ccc(Cl)c(Cl)c3)c(Cl)cc2[nH]1.FC(F)(F)c1cc2cc(Br)c(Cl)cc2[nH]1.OB(O)c1ccc(Cl)c(Cl)c1. The van der Waals surface area contributed by atoms with Crippen molar-refractivity contribution in [2.45, 2.75) is 12.4 Å². The second kappa shape index (κ2) is 15.3. The number of hydrogen-bond donors (Lipinski definition) is 4. The number of aromatic amines is 2. The lowest BCUT2D eigenvalue weighted by Crippen LogP contribution is -2.29. The van der Waals surface area contributed by atoms with Crippen LogP contribution in [0.2, 0.25) is 30.1 Å². The van der Waals surface area contributed by atoms with Crippen LogP contribution >= 0.6 is 85.5 Å². The molecule has 0 atom stereocenters. The molecule has 48 heavy (non-hydrogen) atoms. The molecule has 0 spiro atoms. The van der Waals surface area contributed by atoms with Gasteiger partial charge in [0.05, 0.1) is 30.1 Å². The first kappa shape index (κ1) is 38.5. The maximum atomic E-state index is 12.8. The van der Waals surface area contributed by atoms with Crippen molar-refractivity contribution in [3.63, 3.8) is 0 Å². The molecule has 0 saturated carbocycles. The molecule has 6 aromatic rings. The molecule has 18 heteroatoms. The molecule has 0 aliphatic rings. The number of halogens is 13. The lowest BCUT2D eigenvalue weighted by Gasteiger charge is -2.06. The van der Waals surface area contributed by atoms with E-state index in [0.717, 1.165) is 12.1 Å². The molecule has 2 heterocycles. The molecule has 0 radical (unpaired) electrons. The lowest BCUT2D eigenvalue weighted by atomic mass is 9.80. The molecule has 4 nitrogen and oxygen atoms in total. The van der Waals surface area contributed by atoms with Crippen molar-refractivity contribution >= 4 is 120 Å². The minimum Gasteiger partial charge on any atom is -0.423 e. The van der Waals surface area contributed by atoms with Crippen LogP contribution < -0.4 is 5.46 Å². The molecule has 4 aromatic carbocycles. The average Bonchev–Trinajstić information content (AvgIpc) is 3.60. The van der Waals surface area contributed by atoms with Gasteiger partial charge in [-0.25, -0.2) is 0 Å². The monoisotopic (exact) mass is 850 g/mol. The van der Waals surface area contributed by atoms with Crippen LogP contribution in [0.3, 0.4) is 0 Å². The fourth-order valence-electron chi connectivity index (χ4n) is 4.14. The molecule has 0 bridgehead atoms. The summed E-state index contributed by atoms with van der Waals surface area (Å²) in [7, 11) is -1.50. The smallest absolute Gasteiger partial charge is 0.423 e. The van der Waals surface area contributed by atoms with E-state index < -0.39 is 30.9 Å². The first-order valence-corrected chi connectivity index (χ1v) is 16.0. The molecule has 6 rings (SSSR count). The summed E-state index contributed by atoms with van der Waals surface area (Å²) in [6, 6.07) is 17.5. The number of benzene rings is 4. The quantitative estimate of drug-likeness (QED) is 0.103. The van der Waals surface area contributed by atoms with Gasteiger partial charge < -0.3 is 20.0 Å². The first-order chi connectivity index (χ1) is 22.2. The summed E-state index contributed by atoms with van der Waals surface area (Å²) in [6.45, 7) is 0. The fourth-order valence-corrected chi connectivity index (χ4v) is 5.55. The second-order valence-corrected chi connectivity index (χ2v) is 13.1. The first-order valence-electron chi connectivity index (χ1n) is 13.0. The Morgan fingerprint density at radius 2 is 1.02 bits per heavy atom. The van der Waals surface area contributed by atoms with Crippen molar-refractivity contribution in [2.75, 3.05) is 0 Å². The third-order valence-electron chi connectivity index (χ3n) is 6.45. The highest BCUT2D eigenvalue weighted by Gasteiger charge is 2.33. The van der Waals surface area contributed by atoms with Crippen LogP contribution in [-0.4, -0.2) is 27.1 Å². The Hall–Kier alpha value is -2.26. The van der Waals surface area contributed by atoms with Gasteiger partial charge in [0.25, 0.3) is 0 Å². The van der Waals surface area contributed by atoms with E-state index in [1.165, 1.54) is 30.3 Å². The van der Waals surface area contributed by atoms with E-state index >= 15 is 0 Å². The van der Waals surface area contributed by atoms with Crippen molar-refractivity contribution < 1.29 is 36.4 Å². The maximum absolute atomic E-state index is 12.8. The molecule has 2 aromatic heterocycles. The van der Waals surface area contributed by atoms with Gasteiger partial charge in [0, 0.05) is 31.8 Å². The zero-order valence-corrected chi connectivity index (χ0v) is 29.4. The van der Waals surface area contributed by atoms with Gasteiger partial charge in [0.1, 0.15) is 11.4 Å². The molecular weight excluding hydrogens is 838 g/mol. The topological polar surface area (TPSA) is 72.0 Å². The highest BCUT2D eigenvalue weighted by molar-refractivity contribution is 9.10. The second-order valence-electron chi connectivity index (χ2n) is 9.81. The molecule has 0 aliphatic carbocycles. The van der Waals surface area contributed by atoms with Crippen LogP contribution in [0.1, 0.15) is 11.4 Å². The van der Waals surface area contributed by atoms with E-state index in [4.69, 9.17) is 79.7 Å². The zero-order valence-electron chi connectivity index (χ0n) is 23.3. The number of nitrogens with one attached hydrogen (secondary N) is 2. The van der Waals surface area contributed by atoms with E-state index in [-0.39, 0.29) is 0 Å². The summed E-state index contributed by atoms with van der Waals surface area (Å²) in [5.74, 6) is 0. The van der Waals surface area contributed by atoms with Crippen LogP contribution in [-0.2, 0) is 12.4 Å². The number of alkyl halides is 6. The van der Waals surface area contributed by atoms with Crippen molar-refractivity contribution in [1.82, 2.24) is 9.97 Å². The third kappa shape index (κ3) is 9.50. The predicted molar refractivity (Wildman–Crippen MR) is 186 cm³/mol. The summed E-state index contributed by atoms with van der Waals surface area (Å²) in [6.07, 6.45) is -8.80. The zero-order chi connectivity index (χ0) is 35.7. The van der Waals surface area contributed by atoms with E-state index in [9.17, 15) is 26.3 Å². The summed E-state index contributed by atoms with van der Waals surface area (Å²) < 4.78 is 75.9. The van der Waals surface area contributed by atoms with Gasteiger partial charge in [0.2, 0.25) is 0 Å². The van der Waals surface area contributed by atoms with Crippen molar-refractivity contribution in [1.29, 1.82) is 0 Å². The standard InChI is InChI=1S/C15H7Cl3F3N.C9H4BrClF3N.C6H5BCl2O2/c16-10-2-1-7(4-12(10)18)9-3-8-5-14(15(19,20)21)22-13(8)6-11(9)17;10-5-1-4-2-8(9(12,13)14)15-7(4)3-6(5)11;8-5-2-1-4(7(10)11)3-6(5)9/h1-6,22H;1-3,15H;1-3,10-11H. The van der Waals surface area contributed by atoms with Crippen LogP contribution in [0.5, 0.6) is 0 Å². The molecule has 0 fully saturated rings. The number of hydrogen-bond acceptors (Lipinski definition) is 2.